The number of hydrogen-bond acceptors (Lipinski definition) is 1. The van der Waals surface area contributed by atoms with Crippen LogP contribution in [0.15, 0.2) is 180 Å². The van der Waals surface area contributed by atoms with Gasteiger partial charge >= 0.3 is 0 Å². The molecule has 0 aliphatic heterocycles. The second kappa shape index (κ2) is 10.6. The van der Waals surface area contributed by atoms with Crippen molar-refractivity contribution in [2.24, 2.45) is 0 Å². The maximum absolute atomic E-state index is 6.85. The van der Waals surface area contributed by atoms with Crippen LogP contribution in [-0.2, 0) is 5.41 Å². The van der Waals surface area contributed by atoms with E-state index in [0.717, 1.165) is 27.9 Å². The van der Waals surface area contributed by atoms with E-state index in [1.54, 1.807) is 0 Å². The Hall–Kier alpha value is -5.92. The van der Waals surface area contributed by atoms with E-state index in [1.165, 1.54) is 60.1 Å². The predicted octanol–water partition coefficient (Wildman–Crippen LogP) is 12.6. The Morgan fingerprint density at radius 2 is 1.30 bits per heavy atom. The monoisotopic (exact) mass is 600 g/mol. The largest absolute Gasteiger partial charge is 0.455 e. The van der Waals surface area contributed by atoms with Crippen LogP contribution in [0.2, 0.25) is 0 Å². The maximum Gasteiger partial charge on any atom is 0.143 e. The van der Waals surface area contributed by atoms with Gasteiger partial charge in [0.05, 0.1) is 5.41 Å². The molecule has 1 heterocycles. The van der Waals surface area contributed by atoms with Gasteiger partial charge in [0.1, 0.15) is 11.2 Å². The summed E-state index contributed by atoms with van der Waals surface area (Å²) in [5.74, 6) is 0. The Morgan fingerprint density at radius 1 is 0.596 bits per heavy atom. The molecule has 1 unspecified atom stereocenters. The summed E-state index contributed by atoms with van der Waals surface area (Å²) >= 11 is 0. The molecule has 0 N–H and O–H groups in total. The number of benzene rings is 7. The molecule has 0 saturated heterocycles. The summed E-state index contributed by atoms with van der Waals surface area (Å²) in [6, 6.07) is 50.5. The third-order valence-corrected chi connectivity index (χ3v) is 10.00. The molecule has 47 heavy (non-hydrogen) atoms. The van der Waals surface area contributed by atoms with Crippen LogP contribution in [-0.4, -0.2) is 0 Å². The number of furan rings is 1. The normalized spacial score (nSPS) is 15.8. The Labute approximate surface area is 274 Å². The minimum atomic E-state index is -0.554. The second-order valence-corrected chi connectivity index (χ2v) is 12.4. The van der Waals surface area contributed by atoms with Crippen molar-refractivity contribution >= 4 is 43.5 Å². The molecule has 1 atom stereocenters. The highest BCUT2D eigenvalue weighted by atomic mass is 16.3. The SMILES string of the molecule is C=C(/C=C\C=C/C)C1(c2ccccc2)c2ccccc2-c2ccc(-c3cc4ccccc4c4c3oc3ccc5ccccc5c34)cc21. The Bertz CT molecular complexity index is 2590. The zero-order valence-corrected chi connectivity index (χ0v) is 26.2. The van der Waals surface area contributed by atoms with Crippen molar-refractivity contribution in [3.63, 3.8) is 0 Å². The van der Waals surface area contributed by atoms with Crippen LogP contribution >= 0.6 is 0 Å². The molecular formula is C46H32O. The van der Waals surface area contributed by atoms with Crippen molar-refractivity contribution in [3.05, 3.63) is 193 Å². The van der Waals surface area contributed by atoms with Crippen molar-refractivity contribution in [2.45, 2.75) is 12.3 Å². The lowest BCUT2D eigenvalue weighted by atomic mass is 9.67. The molecule has 0 spiro atoms. The first kappa shape index (κ1) is 27.4. The third kappa shape index (κ3) is 3.90. The standard InChI is InChI=1S/C46H32O/c1-3-4-6-15-30(2)46(34-18-7-5-8-19-34)40-23-14-13-22-37(40)38-26-24-33(29-41(38)46)39-28-32-17-10-12-21-36(32)44-43-35-20-11-9-16-31(35)25-27-42(43)47-45(39)44/h3-29H,2H2,1H3/b4-3-,15-6-. The smallest absolute Gasteiger partial charge is 0.143 e. The van der Waals surface area contributed by atoms with Crippen LogP contribution in [0.5, 0.6) is 0 Å². The van der Waals surface area contributed by atoms with Crippen LogP contribution in [0.1, 0.15) is 23.6 Å². The molecule has 0 radical (unpaired) electrons. The predicted molar refractivity (Wildman–Crippen MR) is 199 cm³/mol. The Balaban J connectivity index is 1.38. The Morgan fingerprint density at radius 3 is 2.13 bits per heavy atom. The lowest BCUT2D eigenvalue weighted by Gasteiger charge is -2.34. The van der Waals surface area contributed by atoms with E-state index < -0.39 is 5.41 Å². The second-order valence-electron chi connectivity index (χ2n) is 12.4. The van der Waals surface area contributed by atoms with Crippen molar-refractivity contribution in [3.8, 4) is 22.3 Å². The number of fused-ring (bicyclic) bond motifs is 10. The van der Waals surface area contributed by atoms with E-state index >= 15 is 0 Å². The molecule has 1 aliphatic carbocycles. The van der Waals surface area contributed by atoms with E-state index in [2.05, 4.69) is 164 Å². The molecule has 222 valence electrons. The van der Waals surface area contributed by atoms with Crippen LogP contribution < -0.4 is 0 Å². The Kier molecular flexibility index (Phi) is 6.16. The zero-order chi connectivity index (χ0) is 31.5. The molecule has 1 nitrogen and oxygen atoms in total. The fourth-order valence-electron chi connectivity index (χ4n) is 7.99. The molecule has 0 saturated carbocycles. The maximum atomic E-state index is 6.85. The van der Waals surface area contributed by atoms with Gasteiger partial charge in [-0.25, -0.2) is 0 Å². The highest BCUT2D eigenvalue weighted by molar-refractivity contribution is 6.28. The van der Waals surface area contributed by atoms with Gasteiger partial charge in [0.25, 0.3) is 0 Å². The number of allylic oxidation sites excluding steroid dienone is 5. The first-order valence-electron chi connectivity index (χ1n) is 16.2. The number of rotatable bonds is 5. The molecule has 0 amide bonds. The quantitative estimate of drug-likeness (QED) is 0.179. The van der Waals surface area contributed by atoms with Crippen LogP contribution in [0.3, 0.4) is 0 Å². The number of hydrogen-bond donors (Lipinski definition) is 0. The topological polar surface area (TPSA) is 13.1 Å². The highest BCUT2D eigenvalue weighted by Gasteiger charge is 2.46. The average Bonchev–Trinajstić information content (AvgIpc) is 3.67. The van der Waals surface area contributed by atoms with Gasteiger partial charge < -0.3 is 4.42 Å². The minimum Gasteiger partial charge on any atom is -0.455 e. The van der Waals surface area contributed by atoms with Crippen molar-refractivity contribution < 1.29 is 4.42 Å². The van der Waals surface area contributed by atoms with Gasteiger partial charge in [-0.2, -0.15) is 0 Å². The van der Waals surface area contributed by atoms with Gasteiger partial charge in [-0.05, 0) is 85.6 Å². The summed E-state index contributed by atoms with van der Waals surface area (Å²) in [7, 11) is 0. The summed E-state index contributed by atoms with van der Waals surface area (Å²) < 4.78 is 6.85. The van der Waals surface area contributed by atoms with Gasteiger partial charge in [0, 0.05) is 16.3 Å². The van der Waals surface area contributed by atoms with Crippen molar-refractivity contribution in [1.82, 2.24) is 0 Å². The first-order valence-corrected chi connectivity index (χ1v) is 16.2. The summed E-state index contributed by atoms with van der Waals surface area (Å²) in [6.07, 6.45) is 8.39. The van der Waals surface area contributed by atoms with Crippen LogP contribution in [0.4, 0.5) is 0 Å². The fraction of sp³-hybridized carbons (Fsp3) is 0.0435. The van der Waals surface area contributed by atoms with Crippen LogP contribution in [0, 0.1) is 0 Å². The summed E-state index contributed by atoms with van der Waals surface area (Å²) in [4.78, 5) is 0. The van der Waals surface area contributed by atoms with Gasteiger partial charge in [-0.1, -0.05) is 152 Å². The van der Waals surface area contributed by atoms with Gasteiger partial charge in [0.2, 0.25) is 0 Å². The van der Waals surface area contributed by atoms with Crippen molar-refractivity contribution in [1.29, 1.82) is 0 Å². The van der Waals surface area contributed by atoms with Gasteiger partial charge in [0.15, 0.2) is 0 Å². The molecular weight excluding hydrogens is 569 g/mol. The van der Waals surface area contributed by atoms with E-state index in [0.29, 0.717) is 0 Å². The summed E-state index contributed by atoms with van der Waals surface area (Å²) in [5, 5.41) is 7.17. The van der Waals surface area contributed by atoms with Gasteiger partial charge in [-0.3, -0.25) is 0 Å². The molecule has 1 aromatic heterocycles. The van der Waals surface area contributed by atoms with Gasteiger partial charge in [-0.15, -0.1) is 0 Å². The average molecular weight is 601 g/mol. The highest BCUT2D eigenvalue weighted by Crippen LogP contribution is 2.57. The molecule has 7 aromatic carbocycles. The summed E-state index contributed by atoms with van der Waals surface area (Å²) in [6.45, 7) is 6.81. The minimum absolute atomic E-state index is 0.554. The van der Waals surface area contributed by atoms with Crippen molar-refractivity contribution in [2.75, 3.05) is 0 Å². The molecule has 8 aromatic rings. The molecule has 1 heteroatoms. The lowest BCUT2D eigenvalue weighted by molar-refractivity contribution is 0.670. The van der Waals surface area contributed by atoms with E-state index in [-0.39, 0.29) is 0 Å². The third-order valence-electron chi connectivity index (χ3n) is 10.00. The molecule has 0 fully saturated rings. The fourth-order valence-corrected chi connectivity index (χ4v) is 7.99. The van der Waals surface area contributed by atoms with E-state index in [4.69, 9.17) is 11.0 Å². The van der Waals surface area contributed by atoms with Crippen LogP contribution in [0.25, 0.3) is 65.7 Å². The van der Waals surface area contributed by atoms with E-state index in [9.17, 15) is 0 Å². The molecule has 9 rings (SSSR count). The summed E-state index contributed by atoms with van der Waals surface area (Å²) in [5.41, 5.74) is 10.7. The molecule has 0 bridgehead atoms. The lowest BCUT2D eigenvalue weighted by Crippen LogP contribution is -2.28. The first-order chi connectivity index (χ1) is 23.2. The molecule has 1 aliphatic rings. The zero-order valence-electron chi connectivity index (χ0n) is 26.2. The van der Waals surface area contributed by atoms with E-state index in [1.807, 2.05) is 6.92 Å².